The van der Waals surface area contributed by atoms with Gasteiger partial charge in [0.05, 0.1) is 18.2 Å². The van der Waals surface area contributed by atoms with E-state index in [9.17, 15) is 5.11 Å². The Hall–Kier alpha value is -3.24. The zero-order valence-electron chi connectivity index (χ0n) is 18.1. The maximum atomic E-state index is 10.8. The van der Waals surface area contributed by atoms with Crippen LogP contribution in [-0.2, 0) is 0 Å². The highest BCUT2D eigenvalue weighted by Gasteiger charge is 2.18. The van der Waals surface area contributed by atoms with Crippen LogP contribution < -0.4 is 10.6 Å². The van der Waals surface area contributed by atoms with Gasteiger partial charge in [0.2, 0.25) is 0 Å². The third-order valence-corrected chi connectivity index (χ3v) is 5.65. The molecule has 3 heteroatoms. The molecule has 0 aromatic heterocycles. The molecule has 0 fully saturated rings. The highest BCUT2D eigenvalue weighted by atomic mass is 16.3. The zero-order valence-corrected chi connectivity index (χ0v) is 18.1. The molecule has 32 heavy (non-hydrogen) atoms. The largest absolute Gasteiger partial charge is 0.390 e. The van der Waals surface area contributed by atoms with Crippen LogP contribution in [0.1, 0.15) is 34.3 Å². The van der Waals surface area contributed by atoms with Gasteiger partial charge in [-0.2, -0.15) is 0 Å². The second-order valence-corrected chi connectivity index (χ2v) is 7.98. The molecule has 0 atom stereocenters. The van der Waals surface area contributed by atoms with Gasteiger partial charge in [-0.25, -0.2) is 0 Å². The minimum absolute atomic E-state index is 0.0334. The van der Waals surface area contributed by atoms with E-state index in [4.69, 9.17) is 0 Å². The number of rotatable bonds is 10. The van der Waals surface area contributed by atoms with Crippen LogP contribution in [0.2, 0.25) is 0 Å². The van der Waals surface area contributed by atoms with Crippen LogP contribution in [-0.4, -0.2) is 24.3 Å². The summed E-state index contributed by atoms with van der Waals surface area (Å²) < 4.78 is 0. The van der Waals surface area contributed by atoms with Gasteiger partial charge in [0.15, 0.2) is 0 Å². The van der Waals surface area contributed by atoms with Crippen molar-refractivity contribution in [2.75, 3.05) is 13.1 Å². The Morgan fingerprint density at radius 3 is 0.938 bits per heavy atom. The van der Waals surface area contributed by atoms with Crippen molar-refractivity contribution >= 4 is 0 Å². The molecule has 3 nitrogen and oxygen atoms in total. The van der Waals surface area contributed by atoms with Gasteiger partial charge in [-0.3, -0.25) is 0 Å². The second-order valence-electron chi connectivity index (χ2n) is 7.98. The number of aliphatic hydroxyl groups excluding tert-OH is 1. The summed E-state index contributed by atoms with van der Waals surface area (Å²) in [6, 6.07) is 41.5. The van der Waals surface area contributed by atoms with Crippen LogP contribution in [0.3, 0.4) is 0 Å². The number of benzene rings is 4. The van der Waals surface area contributed by atoms with Crippen molar-refractivity contribution in [3.8, 4) is 0 Å². The maximum Gasteiger partial charge on any atom is 0.0789 e. The topological polar surface area (TPSA) is 44.3 Å². The quantitative estimate of drug-likeness (QED) is 0.333. The third-order valence-electron chi connectivity index (χ3n) is 5.65. The molecule has 0 aliphatic heterocycles. The molecule has 162 valence electrons. The molecule has 0 amide bonds. The van der Waals surface area contributed by atoms with E-state index in [-0.39, 0.29) is 12.1 Å². The summed E-state index contributed by atoms with van der Waals surface area (Å²) in [6.07, 6.45) is -0.528. The number of hydrogen-bond donors (Lipinski definition) is 3. The van der Waals surface area contributed by atoms with Crippen LogP contribution in [0.4, 0.5) is 0 Å². The Kier molecular flexibility index (Phi) is 7.83. The van der Waals surface area contributed by atoms with Gasteiger partial charge in [-0.15, -0.1) is 0 Å². The van der Waals surface area contributed by atoms with Gasteiger partial charge in [0, 0.05) is 13.1 Å². The summed E-state index contributed by atoms with van der Waals surface area (Å²) in [5, 5.41) is 17.9. The second kappa shape index (κ2) is 11.4. The van der Waals surface area contributed by atoms with Crippen LogP contribution >= 0.6 is 0 Å². The normalized spacial score (nSPS) is 11.4. The lowest BCUT2D eigenvalue weighted by molar-refractivity contribution is 0.163. The molecule has 4 aromatic carbocycles. The van der Waals surface area contributed by atoms with E-state index in [1.54, 1.807) is 0 Å². The minimum Gasteiger partial charge on any atom is -0.390 e. The minimum atomic E-state index is -0.528. The average Bonchev–Trinajstić information content (AvgIpc) is 2.87. The predicted molar refractivity (Wildman–Crippen MR) is 131 cm³/mol. The number of hydrogen-bond acceptors (Lipinski definition) is 3. The van der Waals surface area contributed by atoms with Crippen molar-refractivity contribution in [3.05, 3.63) is 144 Å². The summed E-state index contributed by atoms with van der Waals surface area (Å²) in [5.74, 6) is 0. The lowest BCUT2D eigenvalue weighted by atomic mass is 9.98. The predicted octanol–water partition coefficient (Wildman–Crippen LogP) is 5.11. The molecule has 0 saturated heterocycles. The standard InChI is InChI=1S/C29H30N2O/c32-27(21-30-28(23-13-5-1-6-14-23)24-15-7-2-8-16-24)22-31-29(25-17-9-3-10-18-25)26-19-11-4-12-20-26/h1-20,27-32H,21-22H2. The first kappa shape index (κ1) is 22.0. The lowest BCUT2D eigenvalue weighted by Crippen LogP contribution is -2.38. The first-order valence-electron chi connectivity index (χ1n) is 11.2. The Bertz CT molecular complexity index is 874. The van der Waals surface area contributed by atoms with Crippen LogP contribution in [0, 0.1) is 0 Å². The Morgan fingerprint density at radius 2 is 0.688 bits per heavy atom. The number of aliphatic hydroxyl groups is 1. The molecule has 0 radical (unpaired) electrons. The Balaban J connectivity index is 1.42. The van der Waals surface area contributed by atoms with E-state index < -0.39 is 6.10 Å². The fourth-order valence-corrected chi connectivity index (χ4v) is 4.02. The first-order chi connectivity index (χ1) is 15.8. The van der Waals surface area contributed by atoms with Crippen molar-refractivity contribution < 1.29 is 5.11 Å². The highest BCUT2D eigenvalue weighted by molar-refractivity contribution is 5.32. The molecule has 0 bridgehead atoms. The summed E-state index contributed by atoms with van der Waals surface area (Å²) in [6.45, 7) is 0.968. The molecule has 0 saturated carbocycles. The smallest absolute Gasteiger partial charge is 0.0789 e. The van der Waals surface area contributed by atoms with Crippen molar-refractivity contribution in [3.63, 3.8) is 0 Å². The van der Waals surface area contributed by atoms with E-state index >= 15 is 0 Å². The maximum absolute atomic E-state index is 10.8. The van der Waals surface area contributed by atoms with E-state index in [1.165, 1.54) is 22.3 Å². The molecular weight excluding hydrogens is 392 g/mol. The highest BCUT2D eigenvalue weighted by Crippen LogP contribution is 2.23. The fraction of sp³-hybridized carbons (Fsp3) is 0.172. The van der Waals surface area contributed by atoms with Crippen molar-refractivity contribution in [2.45, 2.75) is 18.2 Å². The molecular formula is C29H30N2O. The molecule has 4 aromatic rings. The van der Waals surface area contributed by atoms with E-state index in [0.29, 0.717) is 13.1 Å². The van der Waals surface area contributed by atoms with Gasteiger partial charge >= 0.3 is 0 Å². The van der Waals surface area contributed by atoms with Gasteiger partial charge in [0.1, 0.15) is 0 Å². The van der Waals surface area contributed by atoms with Crippen LogP contribution in [0.15, 0.2) is 121 Å². The lowest BCUT2D eigenvalue weighted by Gasteiger charge is -2.24. The van der Waals surface area contributed by atoms with Gasteiger partial charge in [-0.05, 0) is 22.3 Å². The molecule has 4 rings (SSSR count). The molecule has 0 aliphatic rings. The summed E-state index contributed by atoms with van der Waals surface area (Å²) >= 11 is 0. The first-order valence-corrected chi connectivity index (χ1v) is 11.2. The van der Waals surface area contributed by atoms with Crippen molar-refractivity contribution in [1.82, 2.24) is 10.6 Å². The third kappa shape index (κ3) is 5.92. The molecule has 0 unspecified atom stereocenters. The van der Waals surface area contributed by atoms with Crippen molar-refractivity contribution in [1.29, 1.82) is 0 Å². The van der Waals surface area contributed by atoms with Crippen molar-refractivity contribution in [2.24, 2.45) is 0 Å². The summed E-state index contributed by atoms with van der Waals surface area (Å²) in [5.41, 5.74) is 4.74. The van der Waals surface area contributed by atoms with Crippen LogP contribution in [0.5, 0.6) is 0 Å². The van der Waals surface area contributed by atoms with Crippen LogP contribution in [0.25, 0.3) is 0 Å². The summed E-state index contributed by atoms with van der Waals surface area (Å²) in [4.78, 5) is 0. The molecule has 0 heterocycles. The van der Waals surface area contributed by atoms with E-state index in [1.807, 2.05) is 24.3 Å². The zero-order chi connectivity index (χ0) is 22.0. The van der Waals surface area contributed by atoms with Gasteiger partial charge in [0.25, 0.3) is 0 Å². The fourth-order valence-electron chi connectivity index (χ4n) is 4.02. The summed E-state index contributed by atoms with van der Waals surface area (Å²) in [7, 11) is 0. The monoisotopic (exact) mass is 422 g/mol. The van der Waals surface area contributed by atoms with E-state index in [0.717, 1.165) is 0 Å². The Morgan fingerprint density at radius 1 is 0.438 bits per heavy atom. The van der Waals surface area contributed by atoms with Gasteiger partial charge < -0.3 is 15.7 Å². The average molecular weight is 423 g/mol. The SMILES string of the molecule is OC(CNC(c1ccccc1)c1ccccc1)CNC(c1ccccc1)c1ccccc1. The van der Waals surface area contributed by atoms with Gasteiger partial charge in [-0.1, -0.05) is 121 Å². The Labute approximate surface area is 190 Å². The molecule has 0 spiro atoms. The molecule has 3 N–H and O–H groups in total. The number of nitrogens with one attached hydrogen (secondary N) is 2. The molecule has 0 aliphatic carbocycles. The van der Waals surface area contributed by atoms with E-state index in [2.05, 4.69) is 108 Å².